The van der Waals surface area contributed by atoms with Crippen molar-refractivity contribution in [3.05, 3.63) is 12.2 Å². The van der Waals surface area contributed by atoms with Gasteiger partial charge in [-0.2, -0.15) is 13.2 Å². The number of nitrogens with one attached hydrogen (secondary N) is 1. The van der Waals surface area contributed by atoms with Crippen molar-refractivity contribution in [1.82, 2.24) is 5.32 Å². The van der Waals surface area contributed by atoms with E-state index in [0.29, 0.717) is 0 Å². The second kappa shape index (κ2) is 4.54. The molecule has 0 aromatic heterocycles. The van der Waals surface area contributed by atoms with Gasteiger partial charge in [-0.15, -0.1) is 0 Å². The fraction of sp³-hybridized carbons (Fsp3) is 0.556. The smallest absolute Gasteiger partial charge is 0.471 e. The Kier molecular flexibility index (Phi) is 3.56. The lowest BCUT2D eigenvalue weighted by atomic mass is 9.91. The number of carbonyl (C=O) groups excluding carboxylic acids is 1. The van der Waals surface area contributed by atoms with E-state index in [1.54, 1.807) is 5.32 Å². The van der Waals surface area contributed by atoms with E-state index in [-0.39, 0.29) is 12.8 Å². The molecule has 0 fully saturated rings. The van der Waals surface area contributed by atoms with Crippen LogP contribution in [0, 0.1) is 5.92 Å². The van der Waals surface area contributed by atoms with E-state index in [1.807, 2.05) is 0 Å². The Hall–Kier alpha value is -1.53. The number of hydrogen-bond donors (Lipinski definition) is 2. The van der Waals surface area contributed by atoms with E-state index in [9.17, 15) is 22.8 Å². The molecule has 0 aromatic rings. The van der Waals surface area contributed by atoms with Crippen molar-refractivity contribution in [2.75, 3.05) is 0 Å². The van der Waals surface area contributed by atoms with Crippen LogP contribution >= 0.6 is 0 Å². The SMILES string of the molecule is O=C(O)[C@@H]1CC=C[C@@H](NC(=O)C(F)(F)F)C1. The summed E-state index contributed by atoms with van der Waals surface area (Å²) in [4.78, 5) is 21.2. The van der Waals surface area contributed by atoms with Crippen molar-refractivity contribution in [3.63, 3.8) is 0 Å². The molecule has 16 heavy (non-hydrogen) atoms. The van der Waals surface area contributed by atoms with E-state index < -0.39 is 30.0 Å². The van der Waals surface area contributed by atoms with Gasteiger partial charge in [0.15, 0.2) is 0 Å². The van der Waals surface area contributed by atoms with E-state index in [2.05, 4.69) is 0 Å². The molecule has 1 rings (SSSR count). The number of halogens is 3. The zero-order valence-electron chi connectivity index (χ0n) is 8.12. The summed E-state index contributed by atoms with van der Waals surface area (Å²) >= 11 is 0. The quantitative estimate of drug-likeness (QED) is 0.706. The summed E-state index contributed by atoms with van der Waals surface area (Å²) in [5, 5.41) is 10.4. The van der Waals surface area contributed by atoms with Crippen LogP contribution in [-0.2, 0) is 9.59 Å². The molecule has 0 spiro atoms. The van der Waals surface area contributed by atoms with Gasteiger partial charge in [0.2, 0.25) is 0 Å². The average Bonchev–Trinajstić information content (AvgIpc) is 2.16. The van der Waals surface area contributed by atoms with Crippen LogP contribution in [0.15, 0.2) is 12.2 Å². The minimum Gasteiger partial charge on any atom is -0.481 e. The molecule has 0 aromatic carbocycles. The van der Waals surface area contributed by atoms with Crippen molar-refractivity contribution in [1.29, 1.82) is 0 Å². The van der Waals surface area contributed by atoms with Gasteiger partial charge >= 0.3 is 18.1 Å². The van der Waals surface area contributed by atoms with Crippen molar-refractivity contribution in [2.45, 2.75) is 25.1 Å². The van der Waals surface area contributed by atoms with Gasteiger partial charge in [0.05, 0.1) is 5.92 Å². The highest BCUT2D eigenvalue weighted by atomic mass is 19.4. The highest BCUT2D eigenvalue weighted by molar-refractivity contribution is 5.82. The van der Waals surface area contributed by atoms with Crippen LogP contribution in [0.2, 0.25) is 0 Å². The van der Waals surface area contributed by atoms with Gasteiger partial charge in [0.1, 0.15) is 0 Å². The molecule has 1 aliphatic carbocycles. The predicted molar refractivity (Wildman–Crippen MR) is 47.5 cm³/mol. The minimum atomic E-state index is -4.94. The Labute approximate surface area is 89.1 Å². The average molecular weight is 237 g/mol. The van der Waals surface area contributed by atoms with Gasteiger partial charge in [0, 0.05) is 6.04 Å². The van der Waals surface area contributed by atoms with Crippen molar-refractivity contribution in [3.8, 4) is 0 Å². The third kappa shape index (κ3) is 3.25. The molecular formula is C9H10F3NO3. The number of carboxylic acids is 1. The molecular weight excluding hydrogens is 227 g/mol. The first kappa shape index (κ1) is 12.5. The number of amides is 1. The summed E-state index contributed by atoms with van der Waals surface area (Å²) in [6.07, 6.45) is -1.85. The fourth-order valence-electron chi connectivity index (χ4n) is 1.45. The predicted octanol–water partition coefficient (Wildman–Crippen LogP) is 1.08. The molecule has 0 saturated carbocycles. The number of carboxylic acid groups (broad SMARTS) is 1. The molecule has 0 heterocycles. The largest absolute Gasteiger partial charge is 0.481 e. The Balaban J connectivity index is 2.57. The molecule has 2 atom stereocenters. The fourth-order valence-corrected chi connectivity index (χ4v) is 1.45. The van der Waals surface area contributed by atoms with Crippen LogP contribution in [-0.4, -0.2) is 29.2 Å². The first-order valence-corrected chi connectivity index (χ1v) is 4.58. The summed E-state index contributed by atoms with van der Waals surface area (Å²) in [5.74, 6) is -3.87. The molecule has 0 saturated heterocycles. The Morgan fingerprint density at radius 3 is 2.50 bits per heavy atom. The monoisotopic (exact) mass is 237 g/mol. The van der Waals surface area contributed by atoms with Crippen LogP contribution in [0.5, 0.6) is 0 Å². The number of rotatable bonds is 2. The minimum absolute atomic E-state index is 0.0202. The second-order valence-electron chi connectivity index (χ2n) is 3.51. The van der Waals surface area contributed by atoms with Gasteiger partial charge in [-0.1, -0.05) is 12.2 Å². The summed E-state index contributed by atoms with van der Waals surface area (Å²) in [6, 6.07) is -0.871. The van der Waals surface area contributed by atoms with Gasteiger partial charge in [-0.25, -0.2) is 0 Å². The van der Waals surface area contributed by atoms with Crippen molar-refractivity contribution < 1.29 is 27.9 Å². The van der Waals surface area contributed by atoms with Gasteiger partial charge in [0.25, 0.3) is 0 Å². The van der Waals surface area contributed by atoms with Crippen LogP contribution in [0.1, 0.15) is 12.8 Å². The van der Waals surface area contributed by atoms with E-state index in [0.717, 1.165) is 0 Å². The van der Waals surface area contributed by atoms with Crippen LogP contribution < -0.4 is 5.32 Å². The molecule has 4 nitrogen and oxygen atoms in total. The maximum atomic E-state index is 11.9. The molecule has 90 valence electrons. The lowest BCUT2D eigenvalue weighted by Crippen LogP contribution is -2.44. The zero-order chi connectivity index (χ0) is 12.3. The molecule has 0 bridgehead atoms. The van der Waals surface area contributed by atoms with Crippen molar-refractivity contribution in [2.24, 2.45) is 5.92 Å². The van der Waals surface area contributed by atoms with E-state index >= 15 is 0 Å². The number of allylic oxidation sites excluding steroid dienone is 1. The van der Waals surface area contributed by atoms with Crippen LogP contribution in [0.3, 0.4) is 0 Å². The lowest BCUT2D eigenvalue weighted by molar-refractivity contribution is -0.174. The molecule has 1 aliphatic rings. The summed E-state index contributed by atoms with van der Waals surface area (Å²) in [7, 11) is 0. The highest BCUT2D eigenvalue weighted by Gasteiger charge is 2.40. The van der Waals surface area contributed by atoms with Crippen LogP contribution in [0.25, 0.3) is 0 Å². The topological polar surface area (TPSA) is 66.4 Å². The third-order valence-corrected chi connectivity index (χ3v) is 2.25. The van der Waals surface area contributed by atoms with Crippen LogP contribution in [0.4, 0.5) is 13.2 Å². The van der Waals surface area contributed by atoms with E-state index in [1.165, 1.54) is 12.2 Å². The Morgan fingerprint density at radius 2 is 2.00 bits per heavy atom. The Morgan fingerprint density at radius 1 is 1.38 bits per heavy atom. The van der Waals surface area contributed by atoms with Gasteiger partial charge < -0.3 is 10.4 Å². The molecule has 2 N–H and O–H groups in total. The highest BCUT2D eigenvalue weighted by Crippen LogP contribution is 2.21. The molecule has 1 amide bonds. The third-order valence-electron chi connectivity index (χ3n) is 2.25. The number of alkyl halides is 3. The second-order valence-corrected chi connectivity index (χ2v) is 3.51. The number of aliphatic carboxylic acids is 1. The maximum absolute atomic E-state index is 11.9. The molecule has 0 unspecified atom stereocenters. The van der Waals surface area contributed by atoms with Gasteiger partial charge in [-0.3, -0.25) is 9.59 Å². The standard InChI is InChI=1S/C9H10F3NO3/c10-9(11,12)8(16)13-6-3-1-2-5(4-6)7(14)15/h1,3,5-6H,2,4H2,(H,13,16)(H,14,15)/t5-,6-/m1/s1. The maximum Gasteiger partial charge on any atom is 0.471 e. The van der Waals surface area contributed by atoms with Gasteiger partial charge in [-0.05, 0) is 12.8 Å². The summed E-state index contributed by atoms with van der Waals surface area (Å²) in [6.45, 7) is 0. The first-order chi connectivity index (χ1) is 7.30. The molecule has 0 radical (unpaired) electrons. The zero-order valence-corrected chi connectivity index (χ0v) is 8.12. The summed E-state index contributed by atoms with van der Waals surface area (Å²) in [5.41, 5.74) is 0. The normalized spacial score (nSPS) is 25.2. The van der Waals surface area contributed by atoms with Crippen molar-refractivity contribution >= 4 is 11.9 Å². The number of hydrogen-bond acceptors (Lipinski definition) is 2. The molecule has 0 aliphatic heterocycles. The lowest BCUT2D eigenvalue weighted by Gasteiger charge is -2.23. The Bertz CT molecular complexity index is 324. The number of carbonyl (C=O) groups is 2. The summed E-state index contributed by atoms with van der Waals surface area (Å²) < 4.78 is 35.7. The first-order valence-electron chi connectivity index (χ1n) is 4.58. The molecule has 7 heteroatoms. The van der Waals surface area contributed by atoms with E-state index in [4.69, 9.17) is 5.11 Å².